The highest BCUT2D eigenvalue weighted by Crippen LogP contribution is 2.58. The van der Waals surface area contributed by atoms with Crippen LogP contribution in [-0.2, 0) is 25.7 Å². The predicted octanol–water partition coefficient (Wildman–Crippen LogP) is 36.9. The first-order valence-corrected chi connectivity index (χ1v) is 52.4. The van der Waals surface area contributed by atoms with Crippen LogP contribution in [0, 0.1) is 0 Å². The molecule has 0 unspecified atom stereocenters. The third-order valence-electron chi connectivity index (χ3n) is 29.4. The van der Waals surface area contributed by atoms with Crippen molar-refractivity contribution in [1.82, 2.24) is 18.8 Å². The summed E-state index contributed by atoms with van der Waals surface area (Å²) in [7, 11) is 0. The number of hydrogen-bond donors (Lipinski definition) is 0. The lowest BCUT2D eigenvalue weighted by Gasteiger charge is -2.25. The second-order valence-corrected chi connectivity index (χ2v) is 39.3. The highest BCUT2D eigenvalue weighted by Gasteiger charge is 2.34. The van der Waals surface area contributed by atoms with E-state index in [1.54, 1.807) is 0 Å². The molecule has 0 atom stereocenters. The number of benzene rings is 15. The Hall–Kier alpha value is -11.9. The molecule has 0 aliphatic heterocycles. The van der Waals surface area contributed by atoms with Gasteiger partial charge in [-0.1, -0.05) is 368 Å². The summed E-state index contributed by atoms with van der Waals surface area (Å²) in [6.45, 7) is 9.16. The number of nitrogens with zero attached hydrogens (tertiary/aromatic N) is 4. The van der Waals surface area contributed by atoms with Gasteiger partial charge < -0.3 is 18.9 Å². The van der Waals surface area contributed by atoms with Crippen LogP contribution in [0.3, 0.4) is 0 Å². The molecule has 19 rings (SSSR count). The fourth-order valence-corrected chi connectivity index (χ4v) is 22.0. The third-order valence-corrected chi connectivity index (χ3v) is 29.4. The minimum atomic E-state index is -0.235. The van der Waals surface area contributed by atoms with Crippen molar-refractivity contribution in [3.8, 4) is 46.0 Å². The zero-order valence-corrected chi connectivity index (χ0v) is 80.1. The molecule has 4 aromatic heterocycles. The molecule has 0 spiro atoms. The largest absolute Gasteiger partial charge is 0.457 e. The van der Waals surface area contributed by atoms with Crippen LogP contribution >= 0.6 is 0 Å². The van der Waals surface area contributed by atoms with Gasteiger partial charge in [0.15, 0.2) is 0 Å². The molecule has 10 nitrogen and oxygen atoms in total. The van der Waals surface area contributed by atoms with Crippen LogP contribution in [-0.4, -0.2) is 18.8 Å². The first kappa shape index (κ1) is 91.2. The van der Waals surface area contributed by atoms with Gasteiger partial charge in [-0.05, 0) is 215 Å². The molecule has 0 fully saturated rings. The van der Waals surface area contributed by atoms with Gasteiger partial charge in [-0.15, -0.1) is 0 Å². The maximum absolute atomic E-state index is 17.0. The van der Waals surface area contributed by atoms with E-state index in [0.29, 0.717) is 122 Å². The van der Waals surface area contributed by atoms with Crippen LogP contribution in [0.4, 0.5) is 0 Å². The summed E-state index contributed by atoms with van der Waals surface area (Å²) in [5, 5.41) is 16.2. The molecule has 134 heavy (non-hydrogen) atoms. The Balaban J connectivity index is 0.842. The molecule has 688 valence electrons. The van der Waals surface area contributed by atoms with Crippen LogP contribution in [0.25, 0.3) is 141 Å². The molecule has 0 amide bonds. The number of aromatic nitrogens is 4. The molecule has 15 aromatic carbocycles. The molecule has 0 aliphatic rings. The number of pyridine rings is 2. The minimum Gasteiger partial charge on any atom is -0.457 e. The first-order chi connectivity index (χ1) is 66.2. The van der Waals surface area contributed by atoms with E-state index < -0.39 is 0 Å². The van der Waals surface area contributed by atoms with E-state index in [0.717, 1.165) is 116 Å². The number of fused-ring (bicyclic) bond motifs is 16. The smallest absolute Gasteiger partial charge is 0.264 e. The van der Waals surface area contributed by atoms with Crippen LogP contribution in [0.2, 0.25) is 0 Å². The summed E-state index contributed by atoms with van der Waals surface area (Å²) in [6.07, 6.45) is 54.8. The summed E-state index contributed by atoms with van der Waals surface area (Å²) >= 11 is 0. The molecule has 0 saturated heterocycles. The molecule has 4 heterocycles. The maximum Gasteiger partial charge on any atom is 0.264 e. The summed E-state index contributed by atoms with van der Waals surface area (Å²) in [5.74, 6) is 4.40. The van der Waals surface area contributed by atoms with E-state index >= 15 is 9.59 Å². The SMILES string of the molecule is CCCCCCCCCCCCc1ccc(Oc2cc3c(=O)n4c5ccc6cc7ccccc7cc6c5nc4c4cc(Oc5ccc(CCCCCCCCCCCC)cc5)c5c6c(Oc7ccc(CCCCCCCCCCCC)cc7)cc7c(=O)n8c9ccc%10cc%11ccccc%11cc%10c9nc8c8cc(Oc9ccc(CCCCCCCCCCCC)cc9)c(c2c5c34)c6c78)cc1. The van der Waals surface area contributed by atoms with E-state index in [-0.39, 0.29) is 11.1 Å². The molecule has 0 N–H and O–H groups in total. The van der Waals surface area contributed by atoms with Crippen LogP contribution < -0.4 is 30.1 Å². The summed E-state index contributed by atoms with van der Waals surface area (Å²) in [4.78, 5) is 45.5. The summed E-state index contributed by atoms with van der Waals surface area (Å²) < 4.78 is 34.9. The second-order valence-electron chi connectivity index (χ2n) is 39.3. The highest BCUT2D eigenvalue weighted by molar-refractivity contribution is 6.45. The Kier molecular flexibility index (Phi) is 29.7. The third kappa shape index (κ3) is 20.0. The Morgan fingerprint density at radius 2 is 0.455 bits per heavy atom. The molecule has 0 aliphatic carbocycles. The quantitative estimate of drug-likeness (QED) is 0.0211. The van der Waals surface area contributed by atoms with Crippen LogP contribution in [0.1, 0.15) is 307 Å². The van der Waals surface area contributed by atoms with Gasteiger partial charge in [-0.25, -0.2) is 9.97 Å². The van der Waals surface area contributed by atoms with Crippen LogP contribution in [0.5, 0.6) is 46.0 Å². The monoisotopic (exact) mass is 1780 g/mol. The van der Waals surface area contributed by atoms with Gasteiger partial charge in [0.1, 0.15) is 57.3 Å². The van der Waals surface area contributed by atoms with Gasteiger partial charge in [0.2, 0.25) is 0 Å². The van der Waals surface area contributed by atoms with E-state index in [4.69, 9.17) is 28.9 Å². The van der Waals surface area contributed by atoms with E-state index in [9.17, 15) is 0 Å². The second kappa shape index (κ2) is 43.6. The number of hydrogen-bond acceptors (Lipinski definition) is 8. The number of rotatable bonds is 52. The molecule has 0 saturated carbocycles. The van der Waals surface area contributed by atoms with E-state index in [1.807, 2.05) is 20.9 Å². The molecular weight excluding hydrogens is 1640 g/mol. The minimum absolute atomic E-state index is 0.235. The number of aryl methyl sites for hydroxylation is 4. The summed E-state index contributed by atoms with van der Waals surface area (Å²) in [5.41, 5.74) is 8.38. The van der Waals surface area contributed by atoms with Crippen molar-refractivity contribution in [2.24, 2.45) is 0 Å². The zero-order chi connectivity index (χ0) is 91.1. The van der Waals surface area contributed by atoms with Crippen molar-refractivity contribution >= 4 is 141 Å². The Labute approximate surface area is 791 Å². The Morgan fingerprint density at radius 1 is 0.216 bits per heavy atom. The predicted molar refractivity (Wildman–Crippen MR) is 568 cm³/mol. The number of ether oxygens (including phenoxy) is 4. The first-order valence-electron chi connectivity index (χ1n) is 52.4. The fourth-order valence-electron chi connectivity index (χ4n) is 22.0. The van der Waals surface area contributed by atoms with Crippen molar-refractivity contribution in [2.45, 2.75) is 310 Å². The topological polar surface area (TPSA) is 106 Å². The fraction of sp³-hybridized carbons (Fsp3) is 0.387. The highest BCUT2D eigenvalue weighted by atomic mass is 16.5. The van der Waals surface area contributed by atoms with Crippen molar-refractivity contribution in [3.63, 3.8) is 0 Å². The van der Waals surface area contributed by atoms with Crippen molar-refractivity contribution in [1.29, 1.82) is 0 Å². The van der Waals surface area contributed by atoms with Crippen molar-refractivity contribution in [2.75, 3.05) is 0 Å². The van der Waals surface area contributed by atoms with Gasteiger partial charge in [0, 0.05) is 64.6 Å². The molecular formula is C124H136N4O6. The Morgan fingerprint density at radius 3 is 0.716 bits per heavy atom. The standard InChI is InChI=1S/C124H136N4O6/c1-5-9-13-17-21-25-29-33-37-41-49-85-57-67-95(68-58-85)131-107-81-101-111-103(123(129)127-105-75-65-93-77-89-53-45-47-55-91(89)79-99(93)119(105)125-121(101)127)84-110(134-98-73-63-88(64-74-98)52-44-40-36-32-28-24-20-16-12-8-4)116-114-108(132-96-69-59-86(60-70-96)50-42-38-34-30-26-22-18-14-10-6-2)82-102-112-104(124(130)128-106-76-66-94-78-90-54-46-48-56-92(90)80-100(94)120(106)126-122(102)128)83-109(115(118(112)114)113(107)117(111)116)133-97-71-61-87(62-72-97)51-43-39-35-31-27-23-19-15-11-7-3/h45-48,53-84H,5-44,49-52H2,1-4H3. The lowest BCUT2D eigenvalue weighted by molar-refractivity contribution is 0.483. The van der Waals surface area contributed by atoms with Gasteiger partial charge in [-0.2, -0.15) is 0 Å². The number of imidazole rings is 2. The van der Waals surface area contributed by atoms with Gasteiger partial charge in [0.05, 0.1) is 32.8 Å². The average Bonchev–Trinajstić information content (AvgIpc) is 0.860. The zero-order valence-electron chi connectivity index (χ0n) is 80.1. The van der Waals surface area contributed by atoms with Crippen LogP contribution in [0.15, 0.2) is 228 Å². The Bertz CT molecular complexity index is 6900. The molecule has 0 radical (unpaired) electrons. The number of unbranched alkanes of at least 4 members (excludes halogenated alkanes) is 36. The van der Waals surface area contributed by atoms with E-state index in [1.165, 1.54) is 253 Å². The van der Waals surface area contributed by atoms with E-state index in [2.05, 4.69) is 234 Å². The summed E-state index contributed by atoms with van der Waals surface area (Å²) in [6, 6.07) is 77.2. The van der Waals surface area contributed by atoms with Gasteiger partial charge >= 0.3 is 0 Å². The molecule has 10 heteroatoms. The van der Waals surface area contributed by atoms with Gasteiger partial charge in [-0.3, -0.25) is 18.4 Å². The van der Waals surface area contributed by atoms with Crippen molar-refractivity contribution < 1.29 is 18.9 Å². The van der Waals surface area contributed by atoms with Gasteiger partial charge in [0.25, 0.3) is 11.1 Å². The molecule has 0 bridgehead atoms. The lowest BCUT2D eigenvalue weighted by Crippen LogP contribution is -2.15. The molecule has 19 aromatic rings. The normalized spacial score (nSPS) is 12.2. The maximum atomic E-state index is 17.0. The lowest BCUT2D eigenvalue weighted by atomic mass is 9.84. The van der Waals surface area contributed by atoms with Crippen molar-refractivity contribution in [3.05, 3.63) is 261 Å². The average molecular weight is 1780 g/mol.